The van der Waals surface area contributed by atoms with Crippen LogP contribution in [-0.2, 0) is 23.8 Å². The summed E-state index contributed by atoms with van der Waals surface area (Å²) in [6.45, 7) is 7.89. The minimum Gasteiger partial charge on any atom is -0.381 e. The van der Waals surface area contributed by atoms with Crippen LogP contribution in [0.1, 0.15) is 65.3 Å². The van der Waals surface area contributed by atoms with Gasteiger partial charge in [-0.05, 0) is 114 Å². The molecule has 0 spiro atoms. The van der Waals surface area contributed by atoms with Crippen LogP contribution in [0.25, 0.3) is 49.9 Å². The fraction of sp³-hybridized carbons (Fsp3) is 0.127. The second-order valence-corrected chi connectivity index (χ2v) is 16.3. The average molecular weight is 720 g/mol. The maximum atomic E-state index is 3.83. The van der Waals surface area contributed by atoms with Crippen LogP contribution in [0.15, 0.2) is 188 Å². The first-order valence-corrected chi connectivity index (χ1v) is 19.9. The SMILES string of the molecule is CC1(C)c2cc3ccccc3cc2-c2c(-c3ccc(/C(=C/Cc4ccc5c(c4)C(C)(c4ccccc4)c4ccccc4-5)NCc4ccccc4)cc3)cccc21. The van der Waals surface area contributed by atoms with Crippen LogP contribution in [0.2, 0.25) is 0 Å². The van der Waals surface area contributed by atoms with Crippen LogP contribution < -0.4 is 5.32 Å². The molecule has 1 N–H and O–H groups in total. The van der Waals surface area contributed by atoms with Gasteiger partial charge in [0.15, 0.2) is 0 Å². The Morgan fingerprint density at radius 3 is 1.91 bits per heavy atom. The van der Waals surface area contributed by atoms with Crippen LogP contribution >= 0.6 is 0 Å². The minimum atomic E-state index is -0.211. The van der Waals surface area contributed by atoms with Gasteiger partial charge in [-0.25, -0.2) is 0 Å². The van der Waals surface area contributed by atoms with E-state index in [9.17, 15) is 0 Å². The summed E-state index contributed by atoms with van der Waals surface area (Å²) in [5, 5.41) is 6.42. The van der Waals surface area contributed by atoms with E-state index in [0.29, 0.717) is 0 Å². The molecular weight excluding hydrogens is 675 g/mol. The first-order valence-electron chi connectivity index (χ1n) is 19.9. The molecule has 1 atom stereocenters. The van der Waals surface area contributed by atoms with Gasteiger partial charge >= 0.3 is 0 Å². The molecule has 0 radical (unpaired) electrons. The van der Waals surface area contributed by atoms with Crippen molar-refractivity contribution < 1.29 is 0 Å². The van der Waals surface area contributed by atoms with Crippen molar-refractivity contribution in [3.8, 4) is 33.4 Å². The van der Waals surface area contributed by atoms with Crippen molar-refractivity contribution in [1.82, 2.24) is 5.32 Å². The van der Waals surface area contributed by atoms with Crippen LogP contribution in [0, 0.1) is 0 Å². The first-order chi connectivity index (χ1) is 27.4. The van der Waals surface area contributed by atoms with Crippen molar-refractivity contribution in [1.29, 1.82) is 0 Å². The van der Waals surface area contributed by atoms with Gasteiger partial charge in [0.25, 0.3) is 0 Å². The van der Waals surface area contributed by atoms with Crippen molar-refractivity contribution in [3.63, 3.8) is 0 Å². The van der Waals surface area contributed by atoms with Crippen molar-refractivity contribution >= 4 is 16.5 Å². The first kappa shape index (κ1) is 34.1. The van der Waals surface area contributed by atoms with E-state index in [4.69, 9.17) is 0 Å². The molecule has 0 saturated heterocycles. The Bertz CT molecular complexity index is 2790. The monoisotopic (exact) mass is 719 g/mol. The van der Waals surface area contributed by atoms with Crippen molar-refractivity contribution in [2.75, 3.05) is 0 Å². The predicted octanol–water partition coefficient (Wildman–Crippen LogP) is 13.5. The summed E-state index contributed by atoms with van der Waals surface area (Å²) in [5.41, 5.74) is 19.4. The highest BCUT2D eigenvalue weighted by Crippen LogP contribution is 2.54. The molecule has 2 aliphatic rings. The quantitative estimate of drug-likeness (QED) is 0.165. The van der Waals surface area contributed by atoms with E-state index in [0.717, 1.165) is 18.7 Å². The Morgan fingerprint density at radius 2 is 1.12 bits per heavy atom. The summed E-state index contributed by atoms with van der Waals surface area (Å²) < 4.78 is 0. The third kappa shape index (κ3) is 5.53. The molecule has 0 saturated carbocycles. The van der Waals surface area contributed by atoms with Crippen molar-refractivity contribution in [3.05, 3.63) is 233 Å². The standard InChI is InChI=1S/C55H45N/c1-54(2)49-24-14-22-44(53(49)47-34-41-17-10-11-18-42(41)35-50(47)54)39-27-29-40(30-28-39)52(56-36-38-15-6-4-7-16-38)32-26-37-25-31-46-45-21-12-13-23-48(45)55(3,51(46)33-37)43-19-8-5-9-20-43/h4-25,27-35,56H,26,36H2,1-3H3/b52-32-. The largest absolute Gasteiger partial charge is 0.381 e. The minimum absolute atomic E-state index is 0.0687. The number of nitrogens with one attached hydrogen (secondary N) is 1. The normalized spacial score (nSPS) is 16.2. The molecule has 0 aromatic heterocycles. The van der Waals surface area contributed by atoms with E-state index in [-0.39, 0.29) is 10.8 Å². The summed E-state index contributed by atoms with van der Waals surface area (Å²) in [7, 11) is 0. The smallest absolute Gasteiger partial charge is 0.0435 e. The van der Waals surface area contributed by atoms with Crippen LogP contribution in [0.4, 0.5) is 0 Å². The number of fused-ring (bicyclic) bond motifs is 7. The topological polar surface area (TPSA) is 12.0 Å². The molecule has 0 heterocycles. The van der Waals surface area contributed by atoms with Gasteiger partial charge in [0, 0.05) is 23.1 Å². The highest BCUT2D eigenvalue weighted by molar-refractivity contribution is 5.98. The Morgan fingerprint density at radius 1 is 0.482 bits per heavy atom. The van der Waals surface area contributed by atoms with Gasteiger partial charge < -0.3 is 5.32 Å². The molecule has 0 bridgehead atoms. The zero-order valence-electron chi connectivity index (χ0n) is 32.3. The lowest BCUT2D eigenvalue weighted by Crippen LogP contribution is -2.22. The molecule has 1 unspecified atom stereocenters. The Balaban J connectivity index is 1.01. The number of hydrogen-bond donors (Lipinski definition) is 1. The van der Waals surface area contributed by atoms with Gasteiger partial charge in [-0.3, -0.25) is 0 Å². The summed E-state index contributed by atoms with van der Waals surface area (Å²) in [4.78, 5) is 0. The zero-order valence-corrected chi connectivity index (χ0v) is 32.3. The molecule has 8 aromatic carbocycles. The highest BCUT2D eigenvalue weighted by atomic mass is 14.9. The lowest BCUT2D eigenvalue weighted by Gasteiger charge is -2.28. The van der Waals surface area contributed by atoms with Gasteiger partial charge in [-0.2, -0.15) is 0 Å². The highest BCUT2D eigenvalue weighted by Gasteiger charge is 2.41. The number of benzene rings is 8. The lowest BCUT2D eigenvalue weighted by molar-refractivity contribution is 0.661. The van der Waals surface area contributed by atoms with E-state index < -0.39 is 0 Å². The van der Waals surface area contributed by atoms with E-state index in [2.05, 4.69) is 214 Å². The zero-order chi connectivity index (χ0) is 37.9. The number of hydrogen-bond acceptors (Lipinski definition) is 1. The van der Waals surface area contributed by atoms with Crippen LogP contribution in [0.5, 0.6) is 0 Å². The van der Waals surface area contributed by atoms with Crippen LogP contribution in [-0.4, -0.2) is 0 Å². The molecule has 1 heteroatoms. The number of rotatable bonds is 8. The van der Waals surface area contributed by atoms with Crippen molar-refractivity contribution in [2.24, 2.45) is 0 Å². The Labute approximate surface area is 331 Å². The summed E-state index contributed by atoms with van der Waals surface area (Å²) in [5.74, 6) is 0. The van der Waals surface area contributed by atoms with E-state index >= 15 is 0 Å². The fourth-order valence-corrected chi connectivity index (χ4v) is 9.60. The molecule has 270 valence electrons. The predicted molar refractivity (Wildman–Crippen MR) is 236 cm³/mol. The van der Waals surface area contributed by atoms with Gasteiger partial charge in [-0.15, -0.1) is 0 Å². The van der Waals surface area contributed by atoms with Gasteiger partial charge in [0.2, 0.25) is 0 Å². The second kappa shape index (κ2) is 13.4. The molecule has 2 aliphatic carbocycles. The number of allylic oxidation sites excluding steroid dienone is 1. The van der Waals surface area contributed by atoms with Gasteiger partial charge in [0.1, 0.15) is 0 Å². The second-order valence-electron chi connectivity index (χ2n) is 16.3. The summed E-state index contributed by atoms with van der Waals surface area (Å²) >= 11 is 0. The summed E-state index contributed by atoms with van der Waals surface area (Å²) in [6, 6.07) is 67.4. The Kier molecular flexibility index (Phi) is 8.15. The maximum absolute atomic E-state index is 3.83. The molecule has 0 fully saturated rings. The molecule has 1 nitrogen and oxygen atoms in total. The molecular formula is C55H45N. The molecule has 56 heavy (non-hydrogen) atoms. The van der Waals surface area contributed by atoms with E-state index in [1.807, 2.05) is 0 Å². The summed E-state index contributed by atoms with van der Waals surface area (Å²) in [6.07, 6.45) is 3.20. The lowest BCUT2D eigenvalue weighted by atomic mass is 9.74. The Hall–Kier alpha value is -6.44. The third-order valence-corrected chi connectivity index (χ3v) is 12.7. The molecule has 10 rings (SSSR count). The van der Waals surface area contributed by atoms with Crippen LogP contribution in [0.3, 0.4) is 0 Å². The van der Waals surface area contributed by atoms with E-state index in [1.165, 1.54) is 88.7 Å². The third-order valence-electron chi connectivity index (χ3n) is 12.7. The fourth-order valence-electron chi connectivity index (χ4n) is 9.60. The van der Waals surface area contributed by atoms with Crippen molar-refractivity contribution in [2.45, 2.75) is 44.6 Å². The van der Waals surface area contributed by atoms with E-state index in [1.54, 1.807) is 0 Å². The van der Waals surface area contributed by atoms with Gasteiger partial charge in [0.05, 0.1) is 0 Å². The molecule has 0 aliphatic heterocycles. The maximum Gasteiger partial charge on any atom is 0.0435 e. The average Bonchev–Trinajstić information content (AvgIpc) is 3.64. The molecule has 8 aromatic rings. The van der Waals surface area contributed by atoms with Gasteiger partial charge in [-0.1, -0.05) is 190 Å². The molecule has 0 amide bonds.